The van der Waals surface area contributed by atoms with E-state index >= 15 is 0 Å². The topological polar surface area (TPSA) is 117 Å². The highest BCUT2D eigenvalue weighted by molar-refractivity contribution is 6.32. The van der Waals surface area contributed by atoms with Crippen LogP contribution in [0.25, 0.3) is 11.2 Å². The van der Waals surface area contributed by atoms with Gasteiger partial charge in [0.15, 0.2) is 17.4 Å². The SMILES string of the molecule is O[C@@H]1COC2C1OC[C@H]2Oc1nc2nc(OCc3c(F)cc(OCC4(F)COC4)cc3F)c(Cl)cc2[nH]1. The van der Waals surface area contributed by atoms with Crippen LogP contribution in [0.15, 0.2) is 18.2 Å². The first kappa shape index (κ1) is 24.5. The van der Waals surface area contributed by atoms with Crippen LogP contribution in [0.3, 0.4) is 0 Å². The highest BCUT2D eigenvalue weighted by atomic mass is 35.5. The number of hydrogen-bond donors (Lipinski definition) is 2. The Morgan fingerprint density at radius 2 is 1.84 bits per heavy atom. The molecule has 5 heterocycles. The first-order valence-corrected chi connectivity index (χ1v) is 11.8. The molecule has 10 nitrogen and oxygen atoms in total. The van der Waals surface area contributed by atoms with Crippen LogP contribution in [-0.4, -0.2) is 83.2 Å². The second-order valence-electron chi connectivity index (χ2n) is 9.09. The third-order valence-electron chi connectivity index (χ3n) is 6.30. The molecule has 2 unspecified atom stereocenters. The van der Waals surface area contributed by atoms with Crippen molar-refractivity contribution in [1.29, 1.82) is 0 Å². The molecule has 198 valence electrons. The number of aromatic nitrogens is 3. The van der Waals surface area contributed by atoms with E-state index in [0.717, 1.165) is 12.1 Å². The Balaban J connectivity index is 1.12. The molecule has 4 atom stereocenters. The van der Waals surface area contributed by atoms with Crippen LogP contribution in [0.2, 0.25) is 5.02 Å². The zero-order valence-electron chi connectivity index (χ0n) is 19.1. The number of aliphatic hydroxyl groups is 1. The van der Waals surface area contributed by atoms with E-state index in [-0.39, 0.29) is 66.9 Å². The van der Waals surface area contributed by atoms with Crippen LogP contribution in [-0.2, 0) is 20.8 Å². The van der Waals surface area contributed by atoms with E-state index in [9.17, 15) is 18.3 Å². The molecule has 3 aliphatic rings. The fourth-order valence-electron chi connectivity index (χ4n) is 4.29. The highest BCUT2D eigenvalue weighted by Gasteiger charge is 2.48. The summed E-state index contributed by atoms with van der Waals surface area (Å²) < 4.78 is 75.4. The smallest absolute Gasteiger partial charge is 0.296 e. The Morgan fingerprint density at radius 1 is 1.08 bits per heavy atom. The van der Waals surface area contributed by atoms with Gasteiger partial charge in [-0.1, -0.05) is 11.6 Å². The van der Waals surface area contributed by atoms with Crippen molar-refractivity contribution in [2.75, 3.05) is 33.0 Å². The number of fused-ring (bicyclic) bond motifs is 2. The summed E-state index contributed by atoms with van der Waals surface area (Å²) in [6.07, 6.45) is -2.08. The molecule has 2 N–H and O–H groups in total. The van der Waals surface area contributed by atoms with Crippen LogP contribution >= 0.6 is 11.6 Å². The number of nitrogens with zero attached hydrogens (tertiary/aromatic N) is 2. The lowest BCUT2D eigenvalue weighted by molar-refractivity contribution is -0.146. The van der Waals surface area contributed by atoms with Crippen molar-refractivity contribution in [2.45, 2.75) is 36.7 Å². The normalized spacial score (nSPS) is 26.2. The first-order chi connectivity index (χ1) is 17.8. The average molecular weight is 544 g/mol. The Hall–Kier alpha value is -2.84. The Kier molecular flexibility index (Phi) is 6.27. The number of benzene rings is 1. The number of hydrogen-bond acceptors (Lipinski definition) is 9. The van der Waals surface area contributed by atoms with Gasteiger partial charge in [-0.05, 0) is 6.07 Å². The van der Waals surface area contributed by atoms with E-state index in [0.29, 0.717) is 5.52 Å². The number of nitrogens with one attached hydrogen (secondary N) is 1. The maximum absolute atomic E-state index is 14.6. The summed E-state index contributed by atoms with van der Waals surface area (Å²) in [7, 11) is 0. The number of H-pyrrole nitrogens is 1. The van der Waals surface area contributed by atoms with Gasteiger partial charge in [0.2, 0.25) is 5.88 Å². The van der Waals surface area contributed by atoms with Crippen LogP contribution in [0, 0.1) is 11.6 Å². The molecule has 3 saturated heterocycles. The van der Waals surface area contributed by atoms with E-state index in [2.05, 4.69) is 15.0 Å². The fraction of sp³-hybridized carbons (Fsp3) is 0.478. The molecule has 0 aliphatic carbocycles. The van der Waals surface area contributed by atoms with Crippen molar-refractivity contribution in [1.82, 2.24) is 15.0 Å². The van der Waals surface area contributed by atoms with Crippen molar-refractivity contribution in [3.05, 3.63) is 40.4 Å². The fourth-order valence-corrected chi connectivity index (χ4v) is 4.49. The summed E-state index contributed by atoms with van der Waals surface area (Å²) >= 11 is 6.25. The number of pyridine rings is 1. The van der Waals surface area contributed by atoms with Gasteiger partial charge in [-0.25, -0.2) is 13.2 Å². The van der Waals surface area contributed by atoms with Gasteiger partial charge in [0, 0.05) is 12.1 Å². The maximum Gasteiger partial charge on any atom is 0.296 e. The Labute approximate surface area is 212 Å². The van der Waals surface area contributed by atoms with E-state index in [4.69, 9.17) is 40.0 Å². The molecular weight excluding hydrogens is 523 g/mol. The zero-order valence-corrected chi connectivity index (χ0v) is 19.8. The molecule has 0 amide bonds. The van der Waals surface area contributed by atoms with E-state index in [1.807, 2.05) is 0 Å². The minimum atomic E-state index is -1.66. The van der Waals surface area contributed by atoms with Crippen molar-refractivity contribution in [2.24, 2.45) is 0 Å². The second kappa shape index (κ2) is 9.48. The number of alkyl halides is 1. The van der Waals surface area contributed by atoms with Crippen LogP contribution in [0.5, 0.6) is 17.6 Å². The molecule has 3 aliphatic heterocycles. The molecule has 0 spiro atoms. The first-order valence-electron chi connectivity index (χ1n) is 11.4. The molecule has 3 fully saturated rings. The van der Waals surface area contributed by atoms with Crippen LogP contribution in [0.1, 0.15) is 5.56 Å². The molecule has 0 radical (unpaired) electrons. The number of rotatable bonds is 8. The van der Waals surface area contributed by atoms with Crippen LogP contribution < -0.4 is 14.2 Å². The van der Waals surface area contributed by atoms with Crippen molar-refractivity contribution < 1.29 is 46.7 Å². The third kappa shape index (κ3) is 4.77. The molecule has 1 aromatic carbocycles. The number of imidazole rings is 1. The van der Waals surface area contributed by atoms with Crippen molar-refractivity contribution in [3.63, 3.8) is 0 Å². The summed E-state index contributed by atoms with van der Waals surface area (Å²) in [5, 5.41) is 9.94. The molecular formula is C23H21ClF3N3O7. The molecule has 37 heavy (non-hydrogen) atoms. The lowest BCUT2D eigenvalue weighted by Gasteiger charge is -2.33. The second-order valence-corrected chi connectivity index (χ2v) is 9.50. The molecule has 14 heteroatoms. The zero-order chi connectivity index (χ0) is 25.7. The van der Waals surface area contributed by atoms with E-state index in [1.54, 1.807) is 0 Å². The molecule has 3 aromatic rings. The van der Waals surface area contributed by atoms with E-state index < -0.39 is 48.3 Å². The predicted molar refractivity (Wildman–Crippen MR) is 120 cm³/mol. The number of aliphatic hydroxyl groups excluding tert-OH is 1. The van der Waals surface area contributed by atoms with Gasteiger partial charge in [0.05, 0.1) is 37.5 Å². The number of halogens is 4. The van der Waals surface area contributed by atoms with Gasteiger partial charge >= 0.3 is 0 Å². The van der Waals surface area contributed by atoms with Gasteiger partial charge < -0.3 is 38.5 Å². The van der Waals surface area contributed by atoms with Gasteiger partial charge in [-0.2, -0.15) is 9.97 Å². The monoisotopic (exact) mass is 543 g/mol. The summed E-state index contributed by atoms with van der Waals surface area (Å²) in [6, 6.07) is 3.52. The number of ether oxygens (including phenoxy) is 6. The quantitative estimate of drug-likeness (QED) is 0.442. The van der Waals surface area contributed by atoms with Gasteiger partial charge in [-0.15, -0.1) is 0 Å². The van der Waals surface area contributed by atoms with Crippen molar-refractivity contribution >= 4 is 22.8 Å². The summed E-state index contributed by atoms with van der Waals surface area (Å²) in [5.41, 5.74) is -1.40. The lowest BCUT2D eigenvalue weighted by Crippen LogP contribution is -2.50. The summed E-state index contributed by atoms with van der Waals surface area (Å²) in [6.45, 7) is -0.762. The molecule has 0 saturated carbocycles. The average Bonchev–Trinajstić information content (AvgIpc) is 3.52. The number of aromatic amines is 1. The summed E-state index contributed by atoms with van der Waals surface area (Å²) in [4.78, 5) is 11.4. The Bertz CT molecular complexity index is 1300. The molecule has 0 bridgehead atoms. The predicted octanol–water partition coefficient (Wildman–Crippen LogP) is 2.49. The van der Waals surface area contributed by atoms with Gasteiger partial charge in [-0.3, -0.25) is 0 Å². The van der Waals surface area contributed by atoms with E-state index in [1.165, 1.54) is 6.07 Å². The summed E-state index contributed by atoms with van der Waals surface area (Å²) in [5.74, 6) is -2.11. The molecule has 2 aromatic heterocycles. The highest BCUT2D eigenvalue weighted by Crippen LogP contribution is 2.32. The minimum absolute atomic E-state index is 0.0749. The maximum atomic E-state index is 14.6. The van der Waals surface area contributed by atoms with Crippen LogP contribution in [0.4, 0.5) is 13.2 Å². The third-order valence-corrected chi connectivity index (χ3v) is 6.58. The standard InChI is InChI=1S/C23H21ClF3N3O7/c24-12-3-15-20(30-22(28-15)37-17-6-34-18-16(31)5-33-19(17)18)29-21(12)35-4-11-13(25)1-10(2-14(11)26)36-9-23(27)7-32-8-23/h1-3,16-19,31H,4-9H2,(H,28,29,30)/t16-,17-,18?,19?/m1/s1. The molecule has 6 rings (SSSR count). The van der Waals surface area contributed by atoms with Gasteiger partial charge in [0.1, 0.15) is 53.9 Å². The minimum Gasteiger partial charge on any atom is -0.490 e. The largest absolute Gasteiger partial charge is 0.490 e. The van der Waals surface area contributed by atoms with Crippen molar-refractivity contribution in [3.8, 4) is 17.6 Å². The lowest BCUT2D eigenvalue weighted by atomic mass is 10.1. The van der Waals surface area contributed by atoms with Gasteiger partial charge in [0.25, 0.3) is 6.01 Å². The Morgan fingerprint density at radius 3 is 2.57 bits per heavy atom.